The van der Waals surface area contributed by atoms with Crippen molar-refractivity contribution in [3.63, 3.8) is 0 Å². The van der Waals surface area contributed by atoms with E-state index in [-0.39, 0.29) is 5.97 Å². The standard InChI is InChI=1S/C18H21NO3/c1-12(20)13-5-6-14-11-19-16(10-15(14)9-13)7-8-18(2,3)17(21)22-4/h5-12,20H,1-4H3/t12-/m1/s1. The maximum Gasteiger partial charge on any atom is 0.315 e. The second-order valence-electron chi connectivity index (χ2n) is 5.94. The molecule has 1 N–H and O–H groups in total. The summed E-state index contributed by atoms with van der Waals surface area (Å²) in [5, 5.41) is 11.7. The second-order valence-corrected chi connectivity index (χ2v) is 5.94. The monoisotopic (exact) mass is 299 g/mol. The third-order valence-corrected chi connectivity index (χ3v) is 3.63. The zero-order valence-electron chi connectivity index (χ0n) is 13.3. The molecular weight excluding hydrogens is 278 g/mol. The van der Waals surface area contributed by atoms with Gasteiger partial charge in [0.05, 0.1) is 24.3 Å². The first-order valence-electron chi connectivity index (χ1n) is 7.19. The molecule has 0 spiro atoms. The highest BCUT2D eigenvalue weighted by atomic mass is 16.5. The van der Waals surface area contributed by atoms with Crippen LogP contribution in [0.4, 0.5) is 0 Å². The van der Waals surface area contributed by atoms with Gasteiger partial charge in [0.25, 0.3) is 0 Å². The highest BCUT2D eigenvalue weighted by Gasteiger charge is 2.25. The summed E-state index contributed by atoms with van der Waals surface area (Å²) in [6.45, 7) is 5.33. The molecule has 116 valence electrons. The van der Waals surface area contributed by atoms with Gasteiger partial charge in [-0.2, -0.15) is 0 Å². The van der Waals surface area contributed by atoms with Crippen LogP contribution in [-0.4, -0.2) is 23.2 Å². The third kappa shape index (κ3) is 3.52. The second kappa shape index (κ2) is 6.28. The maximum atomic E-state index is 11.7. The Morgan fingerprint density at radius 1 is 1.32 bits per heavy atom. The summed E-state index contributed by atoms with van der Waals surface area (Å²) in [7, 11) is 1.38. The quantitative estimate of drug-likeness (QED) is 0.878. The first-order valence-corrected chi connectivity index (χ1v) is 7.19. The summed E-state index contributed by atoms with van der Waals surface area (Å²) in [5.74, 6) is -0.291. The Hall–Kier alpha value is -2.20. The summed E-state index contributed by atoms with van der Waals surface area (Å²) < 4.78 is 4.78. The number of hydrogen-bond donors (Lipinski definition) is 1. The van der Waals surface area contributed by atoms with Crippen LogP contribution >= 0.6 is 0 Å². The number of fused-ring (bicyclic) bond motifs is 1. The molecule has 4 nitrogen and oxygen atoms in total. The molecule has 1 aromatic carbocycles. The minimum atomic E-state index is -0.702. The van der Waals surface area contributed by atoms with Crippen molar-refractivity contribution in [3.05, 3.63) is 47.8 Å². The fraction of sp³-hybridized carbons (Fsp3) is 0.333. The van der Waals surface area contributed by atoms with Crippen LogP contribution in [0.3, 0.4) is 0 Å². The number of aliphatic hydroxyl groups is 1. The van der Waals surface area contributed by atoms with Crippen LogP contribution in [0.5, 0.6) is 0 Å². The predicted molar refractivity (Wildman–Crippen MR) is 87.2 cm³/mol. The molecule has 0 radical (unpaired) electrons. The smallest absolute Gasteiger partial charge is 0.315 e. The summed E-state index contributed by atoms with van der Waals surface area (Å²) in [6, 6.07) is 7.72. The van der Waals surface area contributed by atoms with Gasteiger partial charge in [-0.15, -0.1) is 0 Å². The van der Waals surface area contributed by atoms with Gasteiger partial charge in [-0.05, 0) is 49.9 Å². The Bertz CT molecular complexity index is 717. The topological polar surface area (TPSA) is 59.4 Å². The fourth-order valence-corrected chi connectivity index (χ4v) is 2.15. The van der Waals surface area contributed by atoms with Crippen LogP contribution in [0.25, 0.3) is 16.8 Å². The van der Waals surface area contributed by atoms with Crippen molar-refractivity contribution in [1.29, 1.82) is 0 Å². The van der Waals surface area contributed by atoms with Crippen LogP contribution in [0, 0.1) is 5.41 Å². The molecule has 0 aliphatic carbocycles. The van der Waals surface area contributed by atoms with E-state index in [9.17, 15) is 9.90 Å². The largest absolute Gasteiger partial charge is 0.468 e. The molecule has 0 aliphatic heterocycles. The number of pyridine rings is 1. The Kier molecular flexibility index (Phi) is 4.62. The van der Waals surface area contributed by atoms with E-state index in [1.165, 1.54) is 7.11 Å². The molecule has 0 saturated carbocycles. The van der Waals surface area contributed by atoms with E-state index in [1.807, 2.05) is 30.3 Å². The maximum absolute atomic E-state index is 11.7. The van der Waals surface area contributed by atoms with Gasteiger partial charge in [-0.1, -0.05) is 18.2 Å². The highest BCUT2D eigenvalue weighted by Crippen LogP contribution is 2.23. The normalized spacial score (nSPS) is 13.5. The molecule has 22 heavy (non-hydrogen) atoms. The van der Waals surface area contributed by atoms with Gasteiger partial charge >= 0.3 is 5.97 Å². The van der Waals surface area contributed by atoms with Crippen molar-refractivity contribution in [2.45, 2.75) is 26.9 Å². The number of ether oxygens (including phenoxy) is 1. The summed E-state index contributed by atoms with van der Waals surface area (Å²) in [4.78, 5) is 16.0. The Balaban J connectivity index is 2.34. The molecule has 0 saturated heterocycles. The van der Waals surface area contributed by atoms with E-state index in [0.29, 0.717) is 0 Å². The molecule has 1 aromatic heterocycles. The van der Waals surface area contributed by atoms with Gasteiger partial charge in [0, 0.05) is 11.6 Å². The number of benzene rings is 1. The summed E-state index contributed by atoms with van der Waals surface area (Å²) in [5.41, 5.74) is 0.920. The van der Waals surface area contributed by atoms with Gasteiger partial charge in [0.1, 0.15) is 0 Å². The minimum absolute atomic E-state index is 0.291. The van der Waals surface area contributed by atoms with E-state index in [0.717, 1.165) is 22.0 Å². The predicted octanol–water partition coefficient (Wildman–Crippen LogP) is 3.50. The summed E-state index contributed by atoms with van der Waals surface area (Å²) in [6.07, 6.45) is 4.87. The molecule has 0 unspecified atom stereocenters. The van der Waals surface area contributed by atoms with E-state index < -0.39 is 11.5 Å². The number of esters is 1. The number of nitrogens with zero attached hydrogens (tertiary/aromatic N) is 1. The van der Waals surface area contributed by atoms with Crippen LogP contribution in [0.15, 0.2) is 36.5 Å². The van der Waals surface area contributed by atoms with Crippen molar-refractivity contribution in [2.24, 2.45) is 5.41 Å². The van der Waals surface area contributed by atoms with Crippen molar-refractivity contribution in [3.8, 4) is 0 Å². The van der Waals surface area contributed by atoms with Crippen LogP contribution in [0.1, 0.15) is 38.1 Å². The van der Waals surface area contributed by atoms with E-state index in [1.54, 1.807) is 33.0 Å². The molecule has 4 heteroatoms. The van der Waals surface area contributed by atoms with Crippen molar-refractivity contribution >= 4 is 22.8 Å². The SMILES string of the molecule is COC(=O)C(C)(C)C=Cc1cc2cc([C@@H](C)O)ccc2cn1. The molecule has 2 aromatic rings. The fourth-order valence-electron chi connectivity index (χ4n) is 2.15. The van der Waals surface area contributed by atoms with Gasteiger partial charge in [0.2, 0.25) is 0 Å². The number of methoxy groups -OCH3 is 1. The van der Waals surface area contributed by atoms with E-state index >= 15 is 0 Å². The van der Waals surface area contributed by atoms with Gasteiger partial charge < -0.3 is 9.84 Å². The first kappa shape index (κ1) is 16.2. The lowest BCUT2D eigenvalue weighted by Gasteiger charge is -2.16. The molecule has 1 atom stereocenters. The van der Waals surface area contributed by atoms with Crippen LogP contribution in [0.2, 0.25) is 0 Å². The summed E-state index contributed by atoms with van der Waals surface area (Å²) >= 11 is 0. The van der Waals surface area contributed by atoms with Gasteiger partial charge in [-0.25, -0.2) is 0 Å². The zero-order chi connectivity index (χ0) is 16.3. The zero-order valence-corrected chi connectivity index (χ0v) is 13.3. The molecule has 0 amide bonds. The van der Waals surface area contributed by atoms with Crippen molar-refractivity contribution in [1.82, 2.24) is 4.98 Å². The molecule has 2 rings (SSSR count). The lowest BCUT2D eigenvalue weighted by Crippen LogP contribution is -2.22. The number of carbonyl (C=O) groups is 1. The lowest BCUT2D eigenvalue weighted by atomic mass is 9.93. The van der Waals surface area contributed by atoms with Crippen molar-refractivity contribution < 1.29 is 14.6 Å². The average Bonchev–Trinajstić information content (AvgIpc) is 2.51. The Morgan fingerprint density at radius 2 is 2.05 bits per heavy atom. The van der Waals surface area contributed by atoms with Gasteiger partial charge in [0.15, 0.2) is 0 Å². The highest BCUT2D eigenvalue weighted by molar-refractivity contribution is 5.84. The van der Waals surface area contributed by atoms with E-state index in [2.05, 4.69) is 4.98 Å². The molecular formula is C18H21NO3. The average molecular weight is 299 g/mol. The third-order valence-electron chi connectivity index (χ3n) is 3.63. The molecule has 0 bridgehead atoms. The number of aromatic nitrogens is 1. The number of hydrogen-bond acceptors (Lipinski definition) is 4. The number of aliphatic hydroxyl groups excluding tert-OH is 1. The number of rotatable bonds is 4. The first-order chi connectivity index (χ1) is 10.3. The Morgan fingerprint density at radius 3 is 2.68 bits per heavy atom. The minimum Gasteiger partial charge on any atom is -0.468 e. The number of carbonyl (C=O) groups excluding carboxylic acids is 1. The van der Waals surface area contributed by atoms with Crippen molar-refractivity contribution in [2.75, 3.05) is 7.11 Å². The van der Waals surface area contributed by atoms with Crippen LogP contribution < -0.4 is 0 Å². The lowest BCUT2D eigenvalue weighted by molar-refractivity contribution is -0.148. The Labute approximate surface area is 130 Å². The molecule has 0 fully saturated rings. The van der Waals surface area contributed by atoms with E-state index in [4.69, 9.17) is 4.74 Å². The molecule has 1 heterocycles. The van der Waals surface area contributed by atoms with Gasteiger partial charge in [-0.3, -0.25) is 9.78 Å². The van der Waals surface area contributed by atoms with Crippen LogP contribution in [-0.2, 0) is 9.53 Å². The molecule has 0 aliphatic rings.